The normalized spacial score (nSPS) is 26.5. The molecule has 0 aliphatic carbocycles. The summed E-state index contributed by atoms with van der Waals surface area (Å²) in [4.78, 5) is 173. The van der Waals surface area contributed by atoms with Gasteiger partial charge in [-0.25, -0.2) is 0 Å². The molecule has 0 bridgehead atoms. The molecule has 538 valence electrons. The topological polar surface area (TPSA) is 317 Å². The maximum Gasteiger partial charge on any atom is 0.248 e. The van der Waals surface area contributed by atoms with E-state index in [2.05, 4.69) is 27.8 Å². The summed E-state index contributed by atoms with van der Waals surface area (Å²) in [5, 5.41) is 32.8. The van der Waals surface area contributed by atoms with Gasteiger partial charge >= 0.3 is 0 Å². The Bertz CT molecular complexity index is 2550. The molecule has 1 fully saturated rings. The van der Waals surface area contributed by atoms with Crippen molar-refractivity contribution in [1.29, 1.82) is 0 Å². The van der Waals surface area contributed by atoms with E-state index < -0.39 is 168 Å². The van der Waals surface area contributed by atoms with Gasteiger partial charge in [0.1, 0.15) is 66.5 Å². The van der Waals surface area contributed by atoms with E-state index in [-0.39, 0.29) is 69.8 Å². The average molecular weight is 1330 g/mol. The van der Waals surface area contributed by atoms with Gasteiger partial charge in [0, 0.05) is 68.0 Å². The maximum atomic E-state index is 15.4. The SMILES string of the molecule is C=CCOC[C@@H]1C(=O)N(C)C([C@@H](C)OCCCCO)C(=O)N[C@@H](C(C)C)C(=O)N(C)[C@@H](CC(C)C)C(=O)N[C@@H](C)C(=O)N[C@H](C)C(=O)N(C)[C@@H](CC(C)C)C(=O)N(C)[C@@H](CC(C)C)C(=O)N(C)[C@@H](C(C)C)C(=O)N(C)[C@@H]([C@H](O)[C@H](C)/C=C/C)C(=O)N[C@@H](CC)C(=O)N1CC. The third kappa shape index (κ3) is 24.0. The van der Waals surface area contributed by atoms with Gasteiger partial charge in [0.05, 0.1) is 25.4 Å². The van der Waals surface area contributed by atoms with Crippen LogP contribution in [-0.4, -0.2) is 263 Å². The minimum atomic E-state index is -1.70. The predicted octanol–water partition coefficient (Wildman–Crippen LogP) is 2.97. The molecule has 0 radical (unpaired) electrons. The van der Waals surface area contributed by atoms with Crippen molar-refractivity contribution in [1.82, 2.24) is 55.6 Å². The van der Waals surface area contributed by atoms with Crippen LogP contribution in [0.5, 0.6) is 0 Å². The second-order valence-electron chi connectivity index (χ2n) is 27.2. The number of nitrogens with zero attached hydrogens (tertiary/aromatic N) is 7. The average Bonchev–Trinajstić information content (AvgIpc) is 0.810. The third-order valence-electron chi connectivity index (χ3n) is 17.4. The Hall–Kier alpha value is -6.51. The summed E-state index contributed by atoms with van der Waals surface area (Å²) in [5.74, 6) is -10.8. The fourth-order valence-electron chi connectivity index (χ4n) is 11.8. The molecule has 1 heterocycles. The molecule has 0 aromatic heterocycles. The number of likely N-dealkylation sites (N-methyl/N-ethyl adjacent to an activating group) is 7. The molecule has 0 saturated carbocycles. The molecule has 94 heavy (non-hydrogen) atoms. The Morgan fingerprint density at radius 1 is 0.521 bits per heavy atom. The van der Waals surface area contributed by atoms with Crippen molar-refractivity contribution in [3.8, 4) is 0 Å². The fraction of sp³-hybridized carbons (Fsp3) is 0.779. The lowest BCUT2D eigenvalue weighted by Gasteiger charge is -2.41. The molecule has 14 atom stereocenters. The first-order valence-electron chi connectivity index (χ1n) is 33.6. The number of carbonyl (C=O) groups excluding carboxylic acids is 11. The smallest absolute Gasteiger partial charge is 0.248 e. The number of ether oxygens (including phenoxy) is 2. The van der Waals surface area contributed by atoms with Crippen molar-refractivity contribution >= 4 is 65.0 Å². The van der Waals surface area contributed by atoms with Crippen LogP contribution in [0.1, 0.15) is 156 Å². The molecular weight excluding hydrogens is 1210 g/mol. The minimum absolute atomic E-state index is 0.0495. The van der Waals surface area contributed by atoms with Crippen molar-refractivity contribution < 1.29 is 72.4 Å². The van der Waals surface area contributed by atoms with Crippen LogP contribution in [0.4, 0.5) is 0 Å². The molecule has 0 aromatic rings. The molecule has 11 amide bonds. The van der Waals surface area contributed by atoms with Gasteiger partial charge in [-0.15, -0.1) is 6.58 Å². The molecule has 1 saturated heterocycles. The van der Waals surface area contributed by atoms with Gasteiger partial charge in [-0.05, 0) is 103 Å². The van der Waals surface area contributed by atoms with Crippen molar-refractivity contribution in [3.63, 3.8) is 0 Å². The highest BCUT2D eigenvalue weighted by Gasteiger charge is 2.47. The lowest BCUT2D eigenvalue weighted by atomic mass is 9.93. The highest BCUT2D eigenvalue weighted by Crippen LogP contribution is 2.26. The first kappa shape index (κ1) is 85.5. The summed E-state index contributed by atoms with van der Waals surface area (Å²) in [6, 6.07) is -14.8. The highest BCUT2D eigenvalue weighted by atomic mass is 16.5. The molecule has 1 aliphatic heterocycles. The van der Waals surface area contributed by atoms with Crippen LogP contribution >= 0.6 is 0 Å². The lowest BCUT2D eigenvalue weighted by Crippen LogP contribution is -2.65. The van der Waals surface area contributed by atoms with Gasteiger partial charge in [-0.2, -0.15) is 0 Å². The second-order valence-corrected chi connectivity index (χ2v) is 27.2. The Morgan fingerprint density at radius 2 is 0.989 bits per heavy atom. The first-order chi connectivity index (χ1) is 43.8. The van der Waals surface area contributed by atoms with Gasteiger partial charge in [-0.1, -0.05) is 101 Å². The third-order valence-corrected chi connectivity index (χ3v) is 17.4. The van der Waals surface area contributed by atoms with Crippen LogP contribution < -0.4 is 21.3 Å². The van der Waals surface area contributed by atoms with Crippen LogP contribution in [0.2, 0.25) is 0 Å². The minimum Gasteiger partial charge on any atom is -0.396 e. The molecule has 1 aliphatic rings. The van der Waals surface area contributed by atoms with E-state index in [0.717, 1.165) is 9.80 Å². The van der Waals surface area contributed by atoms with Gasteiger partial charge in [0.2, 0.25) is 65.0 Å². The predicted molar refractivity (Wildman–Crippen MR) is 361 cm³/mol. The van der Waals surface area contributed by atoms with E-state index in [1.165, 1.54) is 86.7 Å². The number of carbonyl (C=O) groups is 11. The summed E-state index contributed by atoms with van der Waals surface area (Å²) in [6.45, 7) is 31.9. The van der Waals surface area contributed by atoms with Crippen molar-refractivity contribution in [2.75, 3.05) is 75.3 Å². The molecule has 6 N–H and O–H groups in total. The van der Waals surface area contributed by atoms with E-state index in [9.17, 15) is 29.4 Å². The molecule has 26 heteroatoms. The molecule has 1 unspecified atom stereocenters. The summed E-state index contributed by atoms with van der Waals surface area (Å²) in [6.07, 6.45) is 3.09. The van der Waals surface area contributed by atoms with Crippen LogP contribution in [0.3, 0.4) is 0 Å². The Kier molecular flexibility index (Phi) is 37.1. The summed E-state index contributed by atoms with van der Waals surface area (Å²) < 4.78 is 12.1. The Morgan fingerprint density at radius 3 is 1.47 bits per heavy atom. The number of aliphatic hydroxyl groups is 2. The van der Waals surface area contributed by atoms with Crippen molar-refractivity contribution in [3.05, 3.63) is 24.8 Å². The number of rotatable bonds is 23. The lowest BCUT2D eigenvalue weighted by molar-refractivity contribution is -0.158. The summed E-state index contributed by atoms with van der Waals surface area (Å²) >= 11 is 0. The maximum absolute atomic E-state index is 15.4. The molecular formula is C68H121N11O15. The van der Waals surface area contributed by atoms with E-state index in [1.807, 2.05) is 41.5 Å². The van der Waals surface area contributed by atoms with Gasteiger partial charge in [-0.3, -0.25) is 52.7 Å². The monoisotopic (exact) mass is 1330 g/mol. The number of hydrogen-bond donors (Lipinski definition) is 6. The zero-order valence-corrected chi connectivity index (χ0v) is 61.0. The molecule has 26 nitrogen and oxygen atoms in total. The number of allylic oxidation sites excluding steroid dienone is 1. The van der Waals surface area contributed by atoms with Crippen molar-refractivity contribution in [2.24, 2.45) is 35.5 Å². The molecule has 0 spiro atoms. The highest BCUT2D eigenvalue weighted by molar-refractivity contribution is 6.00. The number of unbranched alkanes of at least 4 members (excludes halogenated alkanes) is 1. The summed E-state index contributed by atoms with van der Waals surface area (Å²) in [7, 11) is 8.36. The van der Waals surface area contributed by atoms with Gasteiger partial charge in [0.15, 0.2) is 0 Å². The number of nitrogens with one attached hydrogen (secondary N) is 4. The van der Waals surface area contributed by atoms with Crippen LogP contribution in [-0.2, 0) is 62.2 Å². The van der Waals surface area contributed by atoms with Crippen LogP contribution in [0.25, 0.3) is 0 Å². The molecule has 1 rings (SSSR count). The zero-order valence-electron chi connectivity index (χ0n) is 61.0. The van der Waals surface area contributed by atoms with E-state index >= 15 is 33.6 Å². The number of hydrogen-bond acceptors (Lipinski definition) is 15. The fourth-order valence-corrected chi connectivity index (χ4v) is 11.8. The van der Waals surface area contributed by atoms with Crippen molar-refractivity contribution in [2.45, 2.75) is 235 Å². The van der Waals surface area contributed by atoms with Crippen LogP contribution in [0, 0.1) is 35.5 Å². The van der Waals surface area contributed by atoms with E-state index in [1.54, 1.807) is 74.5 Å². The standard InChI is InChI=1S/C68H121N11O15/c1-25-31-44(15)57(81)56-61(85)71-48(27-3)63(87)79(28-4)52(38-93-33-26-2)66(90)77(23)55(47(18)94-34-30-29-32-80)60(84)72-53(42(11)12)67(91)73(19)49(35-39(5)6)59(83)69-45(16)58(82)70-46(17)62(86)74(20)50(36-40(7)8)64(88)75(21)51(37-41(9)10)65(89)76(22)54(43(13)14)68(92)78(56)24/h25-26,31,39-57,80-81H,2,27-30,32-38H2,1,3-24H3,(H,69,83)(H,70,82)(H,71,85)(H,72,84)/b31-25+/t44-,45+,46-,47-,48+,49+,50+,51+,52-,53+,54+,55?,56+,57-/m1/s1. The first-order valence-corrected chi connectivity index (χ1v) is 33.6. The largest absolute Gasteiger partial charge is 0.396 e. The summed E-state index contributed by atoms with van der Waals surface area (Å²) in [5.41, 5.74) is 0. The number of amides is 11. The van der Waals surface area contributed by atoms with Gasteiger partial charge < -0.3 is 75.3 Å². The zero-order chi connectivity index (χ0) is 72.5. The Labute approximate surface area is 561 Å². The quantitative estimate of drug-likeness (QED) is 0.0633. The van der Waals surface area contributed by atoms with Crippen LogP contribution in [0.15, 0.2) is 24.8 Å². The second kappa shape index (κ2) is 40.8. The van der Waals surface area contributed by atoms with E-state index in [0.29, 0.717) is 12.8 Å². The number of aliphatic hydroxyl groups excluding tert-OH is 2. The molecule has 0 aromatic carbocycles. The van der Waals surface area contributed by atoms with E-state index in [4.69, 9.17) is 9.47 Å². The van der Waals surface area contributed by atoms with Gasteiger partial charge in [0.25, 0.3) is 0 Å². The Balaban J connectivity index is 4.61.